The third-order valence-electron chi connectivity index (χ3n) is 3.50. The number of nitrogens with two attached hydrogens (primary N) is 1. The van der Waals surface area contributed by atoms with Crippen LogP contribution in [0.3, 0.4) is 0 Å². The van der Waals surface area contributed by atoms with E-state index in [-0.39, 0.29) is 5.75 Å². The van der Waals surface area contributed by atoms with Gasteiger partial charge in [-0.05, 0) is 18.9 Å². The summed E-state index contributed by atoms with van der Waals surface area (Å²) in [5, 5.41) is 10.9. The van der Waals surface area contributed by atoms with Gasteiger partial charge in [-0.15, -0.1) is 0 Å². The molecule has 1 aromatic carbocycles. The fraction of sp³-hybridized carbons (Fsp3) is 0.500. The van der Waals surface area contributed by atoms with Crippen molar-refractivity contribution in [3.63, 3.8) is 0 Å². The smallest absolute Gasteiger partial charge is 0.160 e. The summed E-state index contributed by atoms with van der Waals surface area (Å²) in [5.41, 5.74) is 8.03. The first-order valence-corrected chi connectivity index (χ1v) is 8.10. The van der Waals surface area contributed by atoms with Crippen LogP contribution in [0.25, 0.3) is 10.9 Å². The first kappa shape index (κ1) is 17.3. The number of unbranched alkanes of at least 4 members (excludes halogenated alkanes) is 4. The highest BCUT2D eigenvalue weighted by Crippen LogP contribution is 2.32. The molecule has 0 bridgehead atoms. The monoisotopic (exact) mass is 288 g/mol. The predicted molar refractivity (Wildman–Crippen MR) is 91.6 cm³/mol. The average Bonchev–Trinajstić information content (AvgIpc) is 2.53. The summed E-state index contributed by atoms with van der Waals surface area (Å²) in [6, 6.07) is 7.68. The molecule has 0 aliphatic carbocycles. The second-order valence-corrected chi connectivity index (χ2v) is 5.00. The number of hydrogen-bond donors (Lipinski definition) is 2. The van der Waals surface area contributed by atoms with Gasteiger partial charge >= 0.3 is 0 Å². The Morgan fingerprint density at radius 3 is 2.43 bits per heavy atom. The summed E-state index contributed by atoms with van der Waals surface area (Å²) in [7, 11) is 0. The molecular formula is C18H28N2O. The first-order chi connectivity index (χ1) is 10.2. The summed E-state index contributed by atoms with van der Waals surface area (Å²) in [6.45, 7) is 6.21. The topological polar surface area (TPSA) is 59.1 Å². The van der Waals surface area contributed by atoms with Crippen LogP contribution >= 0.6 is 0 Å². The van der Waals surface area contributed by atoms with Crippen molar-refractivity contribution >= 4 is 16.6 Å². The van der Waals surface area contributed by atoms with Gasteiger partial charge in [0.2, 0.25) is 0 Å². The highest BCUT2D eigenvalue weighted by atomic mass is 16.3. The minimum absolute atomic E-state index is 0.161. The number of aryl methyl sites for hydroxylation is 1. The molecule has 21 heavy (non-hydrogen) atoms. The molecule has 0 saturated heterocycles. The summed E-state index contributed by atoms with van der Waals surface area (Å²) >= 11 is 0. The standard InChI is InChI=1S/C16H22N2O.C2H6/c1-2-3-4-5-6-11-14-16(19)15(17)12-9-7-8-10-13(12)18-14;1-2/h7-10,19H,2-6,11H2,1H3,(H2,17,18);1-2H3. The lowest BCUT2D eigenvalue weighted by Gasteiger charge is -2.09. The maximum atomic E-state index is 10.1. The quantitative estimate of drug-likeness (QED) is 0.730. The van der Waals surface area contributed by atoms with Gasteiger partial charge in [-0.25, -0.2) is 4.98 Å². The van der Waals surface area contributed by atoms with Crippen LogP contribution in [-0.4, -0.2) is 10.1 Å². The number of rotatable bonds is 6. The van der Waals surface area contributed by atoms with Crippen molar-refractivity contribution in [1.29, 1.82) is 0 Å². The molecule has 0 aliphatic heterocycles. The number of aromatic hydroxyl groups is 1. The van der Waals surface area contributed by atoms with E-state index < -0.39 is 0 Å². The molecule has 2 aromatic rings. The number of nitrogen functional groups attached to an aromatic ring is 1. The number of hydrogen-bond acceptors (Lipinski definition) is 3. The lowest BCUT2D eigenvalue weighted by atomic mass is 10.1. The Morgan fingerprint density at radius 2 is 1.71 bits per heavy atom. The minimum Gasteiger partial charge on any atom is -0.504 e. The molecule has 0 fully saturated rings. The van der Waals surface area contributed by atoms with E-state index in [1.165, 1.54) is 25.7 Å². The van der Waals surface area contributed by atoms with E-state index in [2.05, 4.69) is 11.9 Å². The third-order valence-corrected chi connectivity index (χ3v) is 3.50. The van der Waals surface area contributed by atoms with Gasteiger partial charge in [0.25, 0.3) is 0 Å². The van der Waals surface area contributed by atoms with E-state index in [0.717, 1.165) is 29.4 Å². The molecular weight excluding hydrogens is 260 g/mol. The van der Waals surface area contributed by atoms with Crippen molar-refractivity contribution < 1.29 is 5.11 Å². The predicted octanol–water partition coefficient (Wildman–Crippen LogP) is 5.06. The molecule has 3 nitrogen and oxygen atoms in total. The van der Waals surface area contributed by atoms with Gasteiger partial charge in [0.05, 0.1) is 16.9 Å². The zero-order valence-electron chi connectivity index (χ0n) is 13.5. The largest absolute Gasteiger partial charge is 0.504 e. The zero-order valence-corrected chi connectivity index (χ0v) is 13.5. The van der Waals surface area contributed by atoms with Crippen LogP contribution in [0, 0.1) is 0 Å². The van der Waals surface area contributed by atoms with Crippen molar-refractivity contribution in [2.24, 2.45) is 0 Å². The zero-order chi connectivity index (χ0) is 15.7. The number of anilines is 1. The Kier molecular flexibility index (Phi) is 7.59. The van der Waals surface area contributed by atoms with E-state index in [9.17, 15) is 5.11 Å². The Hall–Kier alpha value is -1.77. The number of aromatic nitrogens is 1. The molecule has 116 valence electrons. The molecule has 1 aromatic heterocycles. The molecule has 1 heterocycles. The van der Waals surface area contributed by atoms with Crippen molar-refractivity contribution in [3.05, 3.63) is 30.0 Å². The van der Waals surface area contributed by atoms with Crippen molar-refractivity contribution in [2.45, 2.75) is 59.3 Å². The van der Waals surface area contributed by atoms with E-state index in [4.69, 9.17) is 5.73 Å². The van der Waals surface area contributed by atoms with Crippen LogP contribution in [0.5, 0.6) is 5.75 Å². The Bertz CT molecular complexity index is 552. The number of para-hydroxylation sites is 1. The maximum absolute atomic E-state index is 10.1. The Morgan fingerprint density at radius 1 is 1.05 bits per heavy atom. The molecule has 0 spiro atoms. The van der Waals surface area contributed by atoms with E-state index in [0.29, 0.717) is 5.69 Å². The molecule has 0 saturated carbocycles. The lowest BCUT2D eigenvalue weighted by molar-refractivity contribution is 0.465. The van der Waals surface area contributed by atoms with E-state index in [1.807, 2.05) is 38.1 Å². The van der Waals surface area contributed by atoms with Crippen LogP contribution in [-0.2, 0) is 6.42 Å². The third kappa shape index (κ3) is 4.62. The van der Waals surface area contributed by atoms with Gasteiger partial charge in [0, 0.05) is 5.39 Å². The molecule has 0 unspecified atom stereocenters. The Labute approximate surface area is 128 Å². The molecule has 3 N–H and O–H groups in total. The number of nitrogens with zero attached hydrogens (tertiary/aromatic N) is 1. The molecule has 3 heteroatoms. The molecule has 2 rings (SSSR count). The van der Waals surface area contributed by atoms with Gasteiger partial charge in [-0.3, -0.25) is 0 Å². The van der Waals surface area contributed by atoms with Crippen LogP contribution < -0.4 is 5.73 Å². The normalized spacial score (nSPS) is 10.2. The van der Waals surface area contributed by atoms with Crippen molar-refractivity contribution in [3.8, 4) is 5.75 Å². The fourth-order valence-electron chi connectivity index (χ4n) is 2.35. The average molecular weight is 288 g/mol. The van der Waals surface area contributed by atoms with Crippen LogP contribution in [0.1, 0.15) is 58.6 Å². The summed E-state index contributed by atoms with van der Waals surface area (Å²) in [6.07, 6.45) is 6.80. The van der Waals surface area contributed by atoms with Crippen molar-refractivity contribution in [1.82, 2.24) is 4.98 Å². The van der Waals surface area contributed by atoms with Crippen LogP contribution in [0.4, 0.5) is 5.69 Å². The molecule has 0 amide bonds. The number of benzene rings is 1. The second kappa shape index (κ2) is 9.22. The molecule has 0 radical (unpaired) electrons. The highest BCUT2D eigenvalue weighted by Gasteiger charge is 2.11. The number of fused-ring (bicyclic) bond motifs is 1. The second-order valence-electron chi connectivity index (χ2n) is 5.00. The first-order valence-electron chi connectivity index (χ1n) is 8.10. The van der Waals surface area contributed by atoms with Gasteiger partial charge in [0.15, 0.2) is 5.75 Å². The molecule has 0 atom stereocenters. The Balaban J connectivity index is 0.00000106. The summed E-state index contributed by atoms with van der Waals surface area (Å²) in [5.74, 6) is 0.161. The van der Waals surface area contributed by atoms with E-state index >= 15 is 0 Å². The SMILES string of the molecule is CC.CCCCCCCc1nc2ccccc2c(N)c1O. The maximum Gasteiger partial charge on any atom is 0.160 e. The van der Waals surface area contributed by atoms with Crippen LogP contribution in [0.2, 0.25) is 0 Å². The lowest BCUT2D eigenvalue weighted by Crippen LogP contribution is -1.98. The highest BCUT2D eigenvalue weighted by molar-refractivity contribution is 5.93. The van der Waals surface area contributed by atoms with Gasteiger partial charge in [0.1, 0.15) is 0 Å². The van der Waals surface area contributed by atoms with Gasteiger partial charge in [-0.1, -0.05) is 64.7 Å². The molecule has 0 aliphatic rings. The number of pyridine rings is 1. The van der Waals surface area contributed by atoms with Gasteiger partial charge < -0.3 is 10.8 Å². The summed E-state index contributed by atoms with van der Waals surface area (Å²) in [4.78, 5) is 4.52. The summed E-state index contributed by atoms with van der Waals surface area (Å²) < 4.78 is 0. The van der Waals surface area contributed by atoms with Crippen molar-refractivity contribution in [2.75, 3.05) is 5.73 Å². The van der Waals surface area contributed by atoms with E-state index in [1.54, 1.807) is 0 Å². The fourth-order valence-corrected chi connectivity index (χ4v) is 2.35. The minimum atomic E-state index is 0.161. The van der Waals surface area contributed by atoms with Gasteiger partial charge in [-0.2, -0.15) is 0 Å². The van der Waals surface area contributed by atoms with Crippen LogP contribution in [0.15, 0.2) is 24.3 Å².